The van der Waals surface area contributed by atoms with Crippen LogP contribution in [0.1, 0.15) is 57.8 Å². The molecule has 1 radical (unpaired) electrons. The topological polar surface area (TPSA) is 23.8 Å². The van der Waals surface area contributed by atoms with Gasteiger partial charge in [0.1, 0.15) is 0 Å². The molecule has 0 aromatic carbocycles. The minimum atomic E-state index is 0.278. The molecule has 75 valence electrons. The monoisotopic (exact) mass is 180 g/mol. The van der Waals surface area contributed by atoms with Crippen LogP contribution in [0, 0.1) is 11.8 Å². The first-order valence-corrected chi connectivity index (χ1v) is 6.07. The van der Waals surface area contributed by atoms with E-state index in [9.17, 15) is 0 Å². The van der Waals surface area contributed by atoms with Crippen molar-refractivity contribution >= 4 is 0 Å². The number of hydrogen-bond acceptors (Lipinski definition) is 0. The van der Waals surface area contributed by atoms with E-state index >= 15 is 0 Å². The van der Waals surface area contributed by atoms with Crippen LogP contribution >= 0.6 is 0 Å². The van der Waals surface area contributed by atoms with Gasteiger partial charge in [-0.15, -0.1) is 0 Å². The van der Waals surface area contributed by atoms with Crippen LogP contribution in [-0.2, 0) is 0 Å². The summed E-state index contributed by atoms with van der Waals surface area (Å²) < 4.78 is 0. The van der Waals surface area contributed by atoms with Crippen LogP contribution in [0.4, 0.5) is 0 Å². The lowest BCUT2D eigenvalue weighted by Crippen LogP contribution is -2.26. The van der Waals surface area contributed by atoms with Crippen LogP contribution in [-0.4, -0.2) is 6.04 Å². The van der Waals surface area contributed by atoms with Gasteiger partial charge in [0.25, 0.3) is 0 Å². The Labute approximate surface area is 82.1 Å². The zero-order valence-electron chi connectivity index (χ0n) is 8.60. The second kappa shape index (κ2) is 4.45. The molecular formula is C12H22N. The van der Waals surface area contributed by atoms with Crippen LogP contribution < -0.4 is 5.73 Å². The van der Waals surface area contributed by atoms with Crippen molar-refractivity contribution in [3.05, 3.63) is 0 Å². The number of rotatable bonds is 1. The van der Waals surface area contributed by atoms with Crippen LogP contribution in [0.2, 0.25) is 0 Å². The van der Waals surface area contributed by atoms with Gasteiger partial charge in [-0.2, -0.15) is 0 Å². The maximum absolute atomic E-state index is 7.68. The van der Waals surface area contributed by atoms with Crippen molar-refractivity contribution in [3.8, 4) is 0 Å². The summed E-state index contributed by atoms with van der Waals surface area (Å²) in [6, 6.07) is 0.278. The Kier molecular flexibility index (Phi) is 3.26. The average Bonchev–Trinajstić information content (AvgIpc) is 2.20. The zero-order valence-corrected chi connectivity index (χ0v) is 8.60. The maximum atomic E-state index is 7.68. The van der Waals surface area contributed by atoms with Gasteiger partial charge in [0.15, 0.2) is 0 Å². The minimum Gasteiger partial charge on any atom is -0.255 e. The summed E-state index contributed by atoms with van der Waals surface area (Å²) in [7, 11) is 0. The molecule has 0 atom stereocenters. The largest absolute Gasteiger partial charge is 0.255 e. The molecule has 0 bridgehead atoms. The van der Waals surface area contributed by atoms with Crippen molar-refractivity contribution in [1.82, 2.24) is 5.73 Å². The molecule has 0 aliphatic heterocycles. The van der Waals surface area contributed by atoms with Gasteiger partial charge in [-0.05, 0) is 37.5 Å². The van der Waals surface area contributed by atoms with Crippen LogP contribution in [0.5, 0.6) is 0 Å². The Bertz CT molecular complexity index is 141. The Morgan fingerprint density at radius 2 is 1.15 bits per heavy atom. The molecule has 1 heteroatoms. The molecule has 0 aromatic heterocycles. The molecule has 2 saturated carbocycles. The smallest absolute Gasteiger partial charge is 0.0213 e. The second-order valence-corrected chi connectivity index (χ2v) is 5.01. The summed E-state index contributed by atoms with van der Waals surface area (Å²) in [6.45, 7) is 0. The lowest BCUT2D eigenvalue weighted by atomic mass is 9.72. The molecule has 2 aliphatic carbocycles. The van der Waals surface area contributed by atoms with Gasteiger partial charge in [0.05, 0.1) is 0 Å². The van der Waals surface area contributed by atoms with Crippen molar-refractivity contribution < 1.29 is 0 Å². The third-order valence-corrected chi connectivity index (χ3v) is 4.09. The van der Waals surface area contributed by atoms with E-state index in [1.54, 1.807) is 0 Å². The quantitative estimate of drug-likeness (QED) is 0.590. The van der Waals surface area contributed by atoms with Crippen molar-refractivity contribution in [3.63, 3.8) is 0 Å². The van der Waals surface area contributed by atoms with Gasteiger partial charge in [-0.3, -0.25) is 5.73 Å². The number of nitrogens with one attached hydrogen (secondary N) is 1. The summed E-state index contributed by atoms with van der Waals surface area (Å²) in [5.41, 5.74) is 7.68. The van der Waals surface area contributed by atoms with E-state index in [1.807, 2.05) is 0 Å². The standard InChI is InChI=1S/C12H22N/c13-12-8-6-11(7-9-12)10-4-2-1-3-5-10/h10-13H,1-9H2/t11-,12+. The van der Waals surface area contributed by atoms with Gasteiger partial charge in [0, 0.05) is 6.04 Å². The molecule has 2 aliphatic rings. The highest BCUT2D eigenvalue weighted by atomic mass is 14.6. The molecule has 0 unspecified atom stereocenters. The Hall–Kier alpha value is -0.0400. The molecule has 13 heavy (non-hydrogen) atoms. The van der Waals surface area contributed by atoms with Crippen molar-refractivity contribution in [2.45, 2.75) is 63.8 Å². The maximum Gasteiger partial charge on any atom is 0.0213 e. The third-order valence-electron chi connectivity index (χ3n) is 4.09. The predicted octanol–water partition coefficient (Wildman–Crippen LogP) is 3.41. The molecule has 1 nitrogen and oxygen atoms in total. The van der Waals surface area contributed by atoms with E-state index in [0.29, 0.717) is 0 Å². The summed E-state index contributed by atoms with van der Waals surface area (Å²) in [4.78, 5) is 0. The Morgan fingerprint density at radius 1 is 0.615 bits per heavy atom. The minimum absolute atomic E-state index is 0.278. The van der Waals surface area contributed by atoms with Crippen molar-refractivity contribution in [2.75, 3.05) is 0 Å². The first kappa shape index (κ1) is 9.51. The second-order valence-electron chi connectivity index (χ2n) is 5.01. The predicted molar refractivity (Wildman–Crippen MR) is 55.4 cm³/mol. The van der Waals surface area contributed by atoms with Crippen LogP contribution in [0.25, 0.3) is 0 Å². The summed E-state index contributed by atoms with van der Waals surface area (Å²) >= 11 is 0. The molecule has 0 saturated heterocycles. The highest BCUT2D eigenvalue weighted by molar-refractivity contribution is 4.80. The van der Waals surface area contributed by atoms with E-state index in [0.717, 1.165) is 11.8 Å². The zero-order chi connectivity index (χ0) is 9.10. The van der Waals surface area contributed by atoms with E-state index in [-0.39, 0.29) is 6.04 Å². The van der Waals surface area contributed by atoms with Crippen LogP contribution in [0.15, 0.2) is 0 Å². The third kappa shape index (κ3) is 2.46. The van der Waals surface area contributed by atoms with Crippen LogP contribution in [0.3, 0.4) is 0 Å². The van der Waals surface area contributed by atoms with E-state index in [1.165, 1.54) is 57.8 Å². The molecule has 0 aromatic rings. The lowest BCUT2D eigenvalue weighted by Gasteiger charge is -2.34. The molecule has 2 fully saturated rings. The average molecular weight is 180 g/mol. The van der Waals surface area contributed by atoms with Crippen molar-refractivity contribution in [1.29, 1.82) is 0 Å². The SMILES string of the molecule is [NH][C@H]1CC[C@@H](C2CCCCC2)CC1. The van der Waals surface area contributed by atoms with E-state index < -0.39 is 0 Å². The molecule has 0 spiro atoms. The van der Waals surface area contributed by atoms with Gasteiger partial charge in [-0.1, -0.05) is 32.1 Å². The van der Waals surface area contributed by atoms with Gasteiger partial charge in [-0.25, -0.2) is 0 Å². The molecule has 0 heterocycles. The molecule has 1 N–H and O–H groups in total. The highest BCUT2D eigenvalue weighted by Crippen LogP contribution is 2.37. The fraction of sp³-hybridized carbons (Fsp3) is 1.00. The normalized spacial score (nSPS) is 37.6. The fourth-order valence-electron chi connectivity index (χ4n) is 3.20. The molecule has 0 amide bonds. The van der Waals surface area contributed by atoms with Gasteiger partial charge in [0.2, 0.25) is 0 Å². The van der Waals surface area contributed by atoms with Gasteiger partial charge >= 0.3 is 0 Å². The fourth-order valence-corrected chi connectivity index (χ4v) is 3.20. The van der Waals surface area contributed by atoms with E-state index in [4.69, 9.17) is 5.73 Å². The summed E-state index contributed by atoms with van der Waals surface area (Å²) in [5, 5.41) is 0. The number of hydrogen-bond donors (Lipinski definition) is 0. The first-order chi connectivity index (χ1) is 6.36. The molecular weight excluding hydrogens is 158 g/mol. The Morgan fingerprint density at radius 3 is 1.77 bits per heavy atom. The first-order valence-electron chi connectivity index (χ1n) is 6.07. The lowest BCUT2D eigenvalue weighted by molar-refractivity contribution is 0.185. The summed E-state index contributed by atoms with van der Waals surface area (Å²) in [6.07, 6.45) is 12.5. The van der Waals surface area contributed by atoms with Crippen molar-refractivity contribution in [2.24, 2.45) is 11.8 Å². The Balaban J connectivity index is 1.79. The molecule has 2 rings (SSSR count). The van der Waals surface area contributed by atoms with Gasteiger partial charge < -0.3 is 0 Å². The summed E-state index contributed by atoms with van der Waals surface area (Å²) in [5.74, 6) is 2.04. The van der Waals surface area contributed by atoms with E-state index in [2.05, 4.69) is 0 Å². The highest BCUT2D eigenvalue weighted by Gasteiger charge is 2.27.